The first-order chi connectivity index (χ1) is 18.5. The fourth-order valence-corrected chi connectivity index (χ4v) is 6.05. The molecule has 2 heterocycles. The number of pyridine rings is 1. The van der Waals surface area contributed by atoms with Crippen molar-refractivity contribution in [1.29, 1.82) is 0 Å². The fraction of sp³-hybridized carbons (Fsp3) is 0.657. The van der Waals surface area contributed by atoms with Gasteiger partial charge in [0.2, 0.25) is 0 Å². The van der Waals surface area contributed by atoms with E-state index in [-0.39, 0.29) is 11.6 Å². The number of hydrogen-bond donors (Lipinski definition) is 0. The molecule has 4 heteroatoms. The molecule has 1 aromatic carbocycles. The van der Waals surface area contributed by atoms with Crippen LogP contribution in [0.15, 0.2) is 24.5 Å². The molecule has 1 aliphatic rings. The van der Waals surface area contributed by atoms with Crippen molar-refractivity contribution in [1.82, 2.24) is 4.98 Å². The molecular weight excluding hydrogens is 482 g/mol. The van der Waals surface area contributed by atoms with Crippen molar-refractivity contribution in [2.45, 2.75) is 132 Å². The van der Waals surface area contributed by atoms with E-state index in [1.54, 1.807) is 24.5 Å². The molecule has 0 saturated carbocycles. The first-order valence-electron chi connectivity index (χ1n) is 15.4. The molecule has 0 unspecified atom stereocenters. The minimum absolute atomic E-state index is 0.144. The van der Waals surface area contributed by atoms with E-state index in [1.807, 2.05) is 6.92 Å². The maximum Gasteiger partial charge on any atom is 0.345 e. The minimum atomic E-state index is -0.370. The van der Waals surface area contributed by atoms with Gasteiger partial charge in [0.25, 0.3) is 0 Å². The third kappa shape index (κ3) is 8.82. The Balaban J connectivity index is 1.51. The highest BCUT2D eigenvalue weighted by Gasteiger charge is 2.35. The van der Waals surface area contributed by atoms with Gasteiger partial charge in [-0.05, 0) is 100.0 Å². The van der Waals surface area contributed by atoms with Gasteiger partial charge in [-0.1, -0.05) is 72.6 Å². The molecule has 1 aliphatic heterocycles. The Labute approximate surface area is 238 Å². The lowest BCUT2D eigenvalue weighted by atomic mass is 9.83. The lowest BCUT2D eigenvalue weighted by Crippen LogP contribution is -2.37. The van der Waals surface area contributed by atoms with Crippen LogP contribution in [0.2, 0.25) is 0 Å². The van der Waals surface area contributed by atoms with Crippen molar-refractivity contribution >= 4 is 5.97 Å². The van der Waals surface area contributed by atoms with Crippen LogP contribution in [0.4, 0.5) is 0 Å². The Morgan fingerprint density at radius 3 is 2.21 bits per heavy atom. The van der Waals surface area contributed by atoms with E-state index in [2.05, 4.69) is 53.5 Å². The van der Waals surface area contributed by atoms with Crippen molar-refractivity contribution in [3.05, 3.63) is 52.3 Å². The van der Waals surface area contributed by atoms with Crippen molar-refractivity contribution in [3.63, 3.8) is 0 Å². The quantitative estimate of drug-likeness (QED) is 0.178. The zero-order chi connectivity index (χ0) is 28.6. The third-order valence-corrected chi connectivity index (χ3v) is 8.93. The van der Waals surface area contributed by atoms with E-state index in [0.717, 1.165) is 59.5 Å². The summed E-state index contributed by atoms with van der Waals surface area (Å²) in [6.45, 7) is 18.0. The largest absolute Gasteiger partial charge is 0.487 e. The van der Waals surface area contributed by atoms with Crippen LogP contribution in [0, 0.1) is 38.5 Å². The number of hydrogen-bond acceptors (Lipinski definition) is 4. The number of fused-ring (bicyclic) bond motifs is 1. The molecule has 0 fully saturated rings. The summed E-state index contributed by atoms with van der Waals surface area (Å²) >= 11 is 0. The fourth-order valence-electron chi connectivity index (χ4n) is 6.05. The van der Waals surface area contributed by atoms with E-state index in [4.69, 9.17) is 9.47 Å². The highest BCUT2D eigenvalue weighted by Crippen LogP contribution is 2.45. The number of rotatable bonds is 14. The van der Waals surface area contributed by atoms with Gasteiger partial charge in [-0.3, -0.25) is 4.98 Å². The van der Waals surface area contributed by atoms with Crippen molar-refractivity contribution in [2.24, 2.45) is 17.8 Å². The Hall–Kier alpha value is -2.36. The molecule has 0 saturated heterocycles. The van der Waals surface area contributed by atoms with Crippen molar-refractivity contribution < 1.29 is 14.3 Å². The van der Waals surface area contributed by atoms with Gasteiger partial charge < -0.3 is 9.47 Å². The first kappa shape index (κ1) is 31.2. The SMILES string of the molecule is Cc1c(C)c2c(c(C)c1OC(=O)c1cccnc1)CC[C@@](C)(CCC[C@H](C)CCC[C@@H](C)CCCC(C)C)O2. The normalized spacial score (nSPS) is 18.4. The molecular formula is C35H53NO3. The Morgan fingerprint density at radius 1 is 0.949 bits per heavy atom. The molecule has 3 rings (SSSR count). The second kappa shape index (κ2) is 14.3. The number of nitrogens with zero attached hydrogens (tertiary/aromatic N) is 1. The number of ether oxygens (including phenoxy) is 2. The van der Waals surface area contributed by atoms with Gasteiger partial charge in [0, 0.05) is 18.0 Å². The lowest BCUT2D eigenvalue weighted by molar-refractivity contribution is 0.0508. The van der Waals surface area contributed by atoms with Gasteiger partial charge in [0.05, 0.1) is 5.56 Å². The number of aromatic nitrogens is 1. The van der Waals surface area contributed by atoms with Crippen LogP contribution in [0.25, 0.3) is 0 Å². The van der Waals surface area contributed by atoms with E-state index in [0.29, 0.717) is 11.3 Å². The van der Waals surface area contributed by atoms with Gasteiger partial charge in [0.1, 0.15) is 17.1 Å². The summed E-state index contributed by atoms with van der Waals surface area (Å²) in [6.07, 6.45) is 16.9. The minimum Gasteiger partial charge on any atom is -0.487 e. The standard InChI is InChI=1S/C35H53NO3/c1-24(2)13-9-14-25(3)15-10-16-26(4)17-11-20-35(8)21-19-31-29(7)32(27(5)28(6)33(31)39-35)38-34(37)30-18-12-22-36-23-30/h12,18,22-26H,9-11,13-17,19-21H2,1-8H3/t25-,26+,35+/m0/s1. The highest BCUT2D eigenvalue weighted by atomic mass is 16.5. The maximum atomic E-state index is 12.7. The summed E-state index contributed by atoms with van der Waals surface area (Å²) in [5.74, 6) is 3.76. The van der Waals surface area contributed by atoms with Gasteiger partial charge in [-0.25, -0.2) is 4.79 Å². The molecule has 4 nitrogen and oxygen atoms in total. The number of carbonyl (C=O) groups excluding carboxylic acids is 1. The second-order valence-corrected chi connectivity index (χ2v) is 13.1. The summed E-state index contributed by atoms with van der Waals surface area (Å²) in [7, 11) is 0. The summed E-state index contributed by atoms with van der Waals surface area (Å²) < 4.78 is 12.6. The first-order valence-corrected chi connectivity index (χ1v) is 15.4. The molecule has 0 aliphatic carbocycles. The van der Waals surface area contributed by atoms with E-state index in [9.17, 15) is 4.79 Å². The van der Waals surface area contributed by atoms with Gasteiger partial charge in [-0.15, -0.1) is 0 Å². The van der Waals surface area contributed by atoms with E-state index < -0.39 is 0 Å². The third-order valence-electron chi connectivity index (χ3n) is 8.93. The van der Waals surface area contributed by atoms with Crippen LogP contribution in [-0.4, -0.2) is 16.6 Å². The van der Waals surface area contributed by atoms with Crippen molar-refractivity contribution in [2.75, 3.05) is 0 Å². The van der Waals surface area contributed by atoms with Crippen LogP contribution in [0.1, 0.15) is 131 Å². The molecule has 0 spiro atoms. The average molecular weight is 536 g/mol. The molecule has 0 amide bonds. The monoisotopic (exact) mass is 535 g/mol. The molecule has 0 N–H and O–H groups in total. The van der Waals surface area contributed by atoms with E-state index in [1.165, 1.54) is 56.9 Å². The maximum absolute atomic E-state index is 12.7. The number of carbonyl (C=O) groups is 1. The van der Waals surface area contributed by atoms with Crippen molar-refractivity contribution in [3.8, 4) is 11.5 Å². The highest BCUT2D eigenvalue weighted by molar-refractivity contribution is 5.91. The summed E-state index contributed by atoms with van der Waals surface area (Å²) in [4.78, 5) is 16.8. The second-order valence-electron chi connectivity index (χ2n) is 13.1. The predicted octanol–water partition coefficient (Wildman–Crippen LogP) is 9.75. The van der Waals surface area contributed by atoms with Crippen LogP contribution >= 0.6 is 0 Å². The van der Waals surface area contributed by atoms with E-state index >= 15 is 0 Å². The molecule has 216 valence electrons. The molecule has 0 radical (unpaired) electrons. The molecule has 3 atom stereocenters. The topological polar surface area (TPSA) is 48.4 Å². The Kier molecular flexibility index (Phi) is 11.4. The molecule has 0 bridgehead atoms. The van der Waals surface area contributed by atoms with Crippen LogP contribution < -0.4 is 9.47 Å². The molecule has 39 heavy (non-hydrogen) atoms. The zero-order valence-corrected chi connectivity index (χ0v) is 26.0. The lowest BCUT2D eigenvalue weighted by Gasteiger charge is -2.38. The van der Waals surface area contributed by atoms with Crippen LogP contribution in [0.5, 0.6) is 11.5 Å². The summed E-state index contributed by atoms with van der Waals surface area (Å²) in [6, 6.07) is 3.48. The Morgan fingerprint density at radius 2 is 1.59 bits per heavy atom. The van der Waals surface area contributed by atoms with Crippen LogP contribution in [-0.2, 0) is 6.42 Å². The zero-order valence-electron chi connectivity index (χ0n) is 26.0. The predicted molar refractivity (Wildman–Crippen MR) is 162 cm³/mol. The summed E-state index contributed by atoms with van der Waals surface area (Å²) in [5, 5.41) is 0. The van der Waals surface area contributed by atoms with Gasteiger partial charge in [-0.2, -0.15) is 0 Å². The van der Waals surface area contributed by atoms with Gasteiger partial charge in [0.15, 0.2) is 0 Å². The molecule has 1 aromatic heterocycles. The number of esters is 1. The average Bonchev–Trinajstić information content (AvgIpc) is 2.90. The molecule has 2 aromatic rings. The summed E-state index contributed by atoms with van der Waals surface area (Å²) in [5.41, 5.74) is 4.56. The Bertz CT molecular complexity index is 1080. The van der Waals surface area contributed by atoms with Crippen LogP contribution in [0.3, 0.4) is 0 Å². The number of benzene rings is 1. The van der Waals surface area contributed by atoms with Gasteiger partial charge >= 0.3 is 5.97 Å². The smallest absolute Gasteiger partial charge is 0.345 e.